The minimum absolute atomic E-state index is 0.0481. The van der Waals surface area contributed by atoms with Gasteiger partial charge in [-0.1, -0.05) is 54.6 Å². The minimum Gasteiger partial charge on any atom is -0.382 e. The molecule has 1 amide bonds. The fourth-order valence-electron chi connectivity index (χ4n) is 3.48. The molecule has 0 aliphatic rings. The van der Waals surface area contributed by atoms with Gasteiger partial charge in [-0.3, -0.25) is 8.77 Å². The van der Waals surface area contributed by atoms with Gasteiger partial charge >= 0.3 is 12.1 Å². The molecule has 4 aromatic rings. The van der Waals surface area contributed by atoms with Crippen molar-refractivity contribution in [2.24, 2.45) is 0 Å². The minimum atomic E-state index is -4.97. The molecular weight excluding hydrogens is 472 g/mol. The molecule has 0 fully saturated rings. The van der Waals surface area contributed by atoms with Crippen LogP contribution in [0.3, 0.4) is 0 Å². The Morgan fingerprint density at radius 3 is 2.32 bits per heavy atom. The lowest BCUT2D eigenvalue weighted by molar-refractivity contribution is -0.173. The Hall–Kier alpha value is -3.50. The summed E-state index contributed by atoms with van der Waals surface area (Å²) < 4.78 is 66.2. The molecule has 34 heavy (non-hydrogen) atoms. The Balaban J connectivity index is 1.66. The molecule has 1 heterocycles. The number of aromatic nitrogens is 1. The van der Waals surface area contributed by atoms with E-state index >= 15 is 0 Å². The van der Waals surface area contributed by atoms with Crippen molar-refractivity contribution in [1.29, 1.82) is 0 Å². The highest BCUT2D eigenvalue weighted by molar-refractivity contribution is 7.83. The molecule has 10 heteroatoms. The first-order valence-corrected chi connectivity index (χ1v) is 11.2. The summed E-state index contributed by atoms with van der Waals surface area (Å²) in [7, 11) is -2.00. The lowest BCUT2D eigenvalue weighted by Gasteiger charge is -2.16. The fraction of sp³-hybridized carbons (Fsp3) is 0.125. The van der Waals surface area contributed by atoms with E-state index in [2.05, 4.69) is 0 Å². The summed E-state index contributed by atoms with van der Waals surface area (Å²) >= 11 is 0. The van der Waals surface area contributed by atoms with Crippen molar-refractivity contribution in [1.82, 2.24) is 9.29 Å². The predicted molar refractivity (Wildman–Crippen MR) is 119 cm³/mol. The second kappa shape index (κ2) is 9.40. The highest BCUT2D eigenvalue weighted by Crippen LogP contribution is 2.31. The second-order valence-corrected chi connectivity index (χ2v) is 8.73. The standard InChI is InChI=1S/C24H18F4N2O3S/c25-18-6-2-4-8-21(18)34(33)30-19-7-3-1-5-17(19)13-20(30)22(31)16-11-9-15(10-12-16)14-29-23(32)24(26,27)28/h1-13,22,31H,14H2,(H,29,32). The maximum atomic E-state index is 14.4. The zero-order chi connectivity index (χ0) is 24.5. The number of fused-ring (bicyclic) bond motifs is 1. The monoisotopic (exact) mass is 490 g/mol. The number of benzene rings is 3. The van der Waals surface area contributed by atoms with Crippen molar-refractivity contribution in [3.05, 3.63) is 102 Å². The molecule has 0 radical (unpaired) electrons. The number of aliphatic hydroxyl groups is 1. The molecule has 0 bridgehead atoms. The van der Waals surface area contributed by atoms with Crippen molar-refractivity contribution < 1.29 is 31.7 Å². The second-order valence-electron chi connectivity index (χ2n) is 7.43. The van der Waals surface area contributed by atoms with Crippen LogP contribution in [0.1, 0.15) is 22.9 Å². The first-order valence-electron chi connectivity index (χ1n) is 10.1. The summed E-state index contributed by atoms with van der Waals surface area (Å²) in [5.41, 5.74) is 1.55. The zero-order valence-corrected chi connectivity index (χ0v) is 18.2. The number of carbonyl (C=O) groups is 1. The Kier molecular flexibility index (Phi) is 6.54. The van der Waals surface area contributed by atoms with E-state index in [1.165, 1.54) is 46.4 Å². The third kappa shape index (κ3) is 4.73. The van der Waals surface area contributed by atoms with Crippen LogP contribution in [0.25, 0.3) is 10.9 Å². The summed E-state index contributed by atoms with van der Waals surface area (Å²) in [5.74, 6) is -2.69. The van der Waals surface area contributed by atoms with Gasteiger partial charge in [0.2, 0.25) is 0 Å². The number of hydrogen-bond donors (Lipinski definition) is 2. The van der Waals surface area contributed by atoms with Crippen molar-refractivity contribution in [2.45, 2.75) is 23.7 Å². The Bertz CT molecular complexity index is 1370. The molecular formula is C24H18F4N2O3S. The summed E-state index contributed by atoms with van der Waals surface area (Å²) in [6.07, 6.45) is -6.24. The van der Waals surface area contributed by atoms with Crippen LogP contribution in [0.2, 0.25) is 0 Å². The van der Waals surface area contributed by atoms with E-state index < -0.39 is 35.0 Å². The molecule has 4 rings (SSSR count). The number of para-hydroxylation sites is 1. The van der Waals surface area contributed by atoms with E-state index in [4.69, 9.17) is 0 Å². The summed E-state index contributed by atoms with van der Waals surface area (Å²) in [5, 5.41) is 13.6. The van der Waals surface area contributed by atoms with Crippen molar-refractivity contribution >= 4 is 27.8 Å². The number of nitrogens with zero attached hydrogens (tertiary/aromatic N) is 1. The molecule has 0 saturated heterocycles. The Morgan fingerprint density at radius 2 is 1.65 bits per heavy atom. The molecule has 3 aromatic carbocycles. The molecule has 2 unspecified atom stereocenters. The number of alkyl halides is 3. The predicted octanol–water partition coefficient (Wildman–Crippen LogP) is 4.61. The van der Waals surface area contributed by atoms with Crippen molar-refractivity contribution in [3.63, 3.8) is 0 Å². The largest absolute Gasteiger partial charge is 0.471 e. The van der Waals surface area contributed by atoms with Crippen LogP contribution in [-0.2, 0) is 22.3 Å². The number of aliphatic hydroxyl groups excluding tert-OH is 1. The number of carbonyl (C=O) groups excluding carboxylic acids is 1. The van der Waals surface area contributed by atoms with Crippen LogP contribution in [0.4, 0.5) is 17.6 Å². The summed E-state index contributed by atoms with van der Waals surface area (Å²) in [4.78, 5) is 10.9. The summed E-state index contributed by atoms with van der Waals surface area (Å²) in [6, 6.07) is 20.2. The highest BCUT2D eigenvalue weighted by atomic mass is 32.2. The van der Waals surface area contributed by atoms with Gasteiger partial charge in [0.1, 0.15) is 11.9 Å². The number of rotatable bonds is 6. The quantitative estimate of drug-likeness (QED) is 0.388. The van der Waals surface area contributed by atoms with Gasteiger partial charge in [-0.05, 0) is 35.4 Å². The average molecular weight is 490 g/mol. The van der Waals surface area contributed by atoms with Crippen molar-refractivity contribution in [2.75, 3.05) is 0 Å². The average Bonchev–Trinajstić information content (AvgIpc) is 3.21. The lowest BCUT2D eigenvalue weighted by Crippen LogP contribution is -2.36. The molecule has 5 nitrogen and oxygen atoms in total. The number of nitrogens with one attached hydrogen (secondary N) is 1. The Morgan fingerprint density at radius 1 is 1.00 bits per heavy atom. The van der Waals surface area contributed by atoms with Gasteiger partial charge in [-0.25, -0.2) is 8.60 Å². The van der Waals surface area contributed by atoms with Gasteiger partial charge in [0.05, 0.1) is 16.1 Å². The maximum absolute atomic E-state index is 14.4. The number of hydrogen-bond acceptors (Lipinski definition) is 3. The molecule has 176 valence electrons. The van der Waals surface area contributed by atoms with E-state index in [9.17, 15) is 31.7 Å². The summed E-state index contributed by atoms with van der Waals surface area (Å²) in [6.45, 7) is -0.341. The van der Waals surface area contributed by atoms with Crippen LogP contribution in [-0.4, -0.2) is 25.4 Å². The molecule has 0 aliphatic heterocycles. The third-order valence-corrected chi connectivity index (χ3v) is 6.62. The molecule has 0 spiro atoms. The van der Waals surface area contributed by atoms with E-state index in [0.29, 0.717) is 22.0 Å². The van der Waals surface area contributed by atoms with Crippen LogP contribution in [0.15, 0.2) is 83.8 Å². The van der Waals surface area contributed by atoms with E-state index in [-0.39, 0.29) is 17.1 Å². The normalized spacial score (nSPS) is 13.6. The first kappa shape index (κ1) is 23.7. The van der Waals surface area contributed by atoms with Crippen molar-refractivity contribution in [3.8, 4) is 0 Å². The first-order chi connectivity index (χ1) is 16.2. The smallest absolute Gasteiger partial charge is 0.382 e. The highest BCUT2D eigenvalue weighted by Gasteiger charge is 2.38. The fourth-order valence-corrected chi connectivity index (χ4v) is 4.80. The Labute approximate surface area is 194 Å². The molecule has 0 saturated carbocycles. The molecule has 1 aromatic heterocycles. The number of amides is 1. The molecule has 2 atom stereocenters. The van der Waals surface area contributed by atoms with Gasteiger partial charge in [0.25, 0.3) is 0 Å². The van der Waals surface area contributed by atoms with Crippen LogP contribution < -0.4 is 5.32 Å². The SMILES string of the molecule is O=C(NCc1ccc(C(O)c2cc3ccccc3n2S(=O)c2ccccc2F)cc1)C(F)(F)F. The number of halogens is 4. The maximum Gasteiger partial charge on any atom is 0.471 e. The molecule has 0 aliphatic carbocycles. The third-order valence-electron chi connectivity index (χ3n) is 5.17. The van der Waals surface area contributed by atoms with Gasteiger partial charge in [-0.15, -0.1) is 0 Å². The van der Waals surface area contributed by atoms with Gasteiger partial charge in [0.15, 0.2) is 11.0 Å². The van der Waals surface area contributed by atoms with Crippen LogP contribution in [0, 0.1) is 5.82 Å². The molecule has 2 N–H and O–H groups in total. The lowest BCUT2D eigenvalue weighted by atomic mass is 10.0. The van der Waals surface area contributed by atoms with Gasteiger partial charge in [0, 0.05) is 11.9 Å². The van der Waals surface area contributed by atoms with E-state index in [1.54, 1.807) is 41.7 Å². The topological polar surface area (TPSA) is 71.3 Å². The van der Waals surface area contributed by atoms with E-state index in [0.717, 1.165) is 0 Å². The van der Waals surface area contributed by atoms with Gasteiger partial charge < -0.3 is 10.4 Å². The van der Waals surface area contributed by atoms with Crippen LogP contribution in [0.5, 0.6) is 0 Å². The zero-order valence-electron chi connectivity index (χ0n) is 17.4. The van der Waals surface area contributed by atoms with E-state index in [1.807, 2.05) is 0 Å². The van der Waals surface area contributed by atoms with Gasteiger partial charge in [-0.2, -0.15) is 13.2 Å². The van der Waals surface area contributed by atoms with Crippen LogP contribution >= 0.6 is 0 Å².